The fourth-order valence-electron chi connectivity index (χ4n) is 4.86. The minimum absolute atomic E-state index is 0.285. The van der Waals surface area contributed by atoms with E-state index in [1.165, 1.54) is 19.3 Å². The molecule has 2 nitrogen and oxygen atoms in total. The van der Waals surface area contributed by atoms with Gasteiger partial charge in [0.1, 0.15) is 0 Å². The Balaban J connectivity index is 0.000000225. The van der Waals surface area contributed by atoms with Crippen LogP contribution < -0.4 is 0 Å². The zero-order valence-corrected chi connectivity index (χ0v) is 13.5. The van der Waals surface area contributed by atoms with Gasteiger partial charge in [0.25, 0.3) is 0 Å². The lowest BCUT2D eigenvalue weighted by Gasteiger charge is -2.51. The van der Waals surface area contributed by atoms with E-state index in [9.17, 15) is 9.90 Å². The number of aliphatic carboxylic acids is 1. The van der Waals surface area contributed by atoms with Crippen molar-refractivity contribution in [2.75, 3.05) is 0 Å². The van der Waals surface area contributed by atoms with E-state index < -0.39 is 11.4 Å². The molecular formula is C19H28O2. The maximum atomic E-state index is 11.3. The maximum Gasteiger partial charge on any atom is 0.309 e. The van der Waals surface area contributed by atoms with Crippen LogP contribution in [0.1, 0.15) is 52.9 Å². The third-order valence-corrected chi connectivity index (χ3v) is 5.10. The van der Waals surface area contributed by atoms with E-state index in [1.807, 2.05) is 43.3 Å². The van der Waals surface area contributed by atoms with Crippen LogP contribution in [0.25, 0.3) is 0 Å². The molecule has 4 atom stereocenters. The monoisotopic (exact) mass is 288 g/mol. The SMILES string of the molecule is CC1CC2CC(C)(C1)CC(C)(C(=O)O)C2.c1ccccc1. The van der Waals surface area contributed by atoms with Crippen LogP contribution in [-0.2, 0) is 4.79 Å². The van der Waals surface area contributed by atoms with Crippen molar-refractivity contribution in [3.8, 4) is 0 Å². The molecule has 1 N–H and O–H groups in total. The Kier molecular flexibility index (Phi) is 4.75. The van der Waals surface area contributed by atoms with Crippen molar-refractivity contribution in [3.63, 3.8) is 0 Å². The number of carboxylic acids is 1. The third-order valence-electron chi connectivity index (χ3n) is 5.10. The molecule has 4 unspecified atom stereocenters. The summed E-state index contributed by atoms with van der Waals surface area (Å²) >= 11 is 0. The van der Waals surface area contributed by atoms with E-state index >= 15 is 0 Å². The number of fused-ring (bicyclic) bond motifs is 2. The molecule has 2 saturated carbocycles. The lowest BCUT2D eigenvalue weighted by molar-refractivity contribution is -0.156. The molecule has 0 heterocycles. The van der Waals surface area contributed by atoms with Gasteiger partial charge in [-0.15, -0.1) is 0 Å². The summed E-state index contributed by atoms with van der Waals surface area (Å²) in [5.41, 5.74) is -0.175. The zero-order chi connectivity index (χ0) is 15.5. The quantitative estimate of drug-likeness (QED) is 0.789. The largest absolute Gasteiger partial charge is 0.481 e. The number of rotatable bonds is 1. The van der Waals surface area contributed by atoms with E-state index in [0.717, 1.165) is 18.8 Å². The number of hydrogen-bond donors (Lipinski definition) is 1. The van der Waals surface area contributed by atoms with Crippen LogP contribution in [0.3, 0.4) is 0 Å². The van der Waals surface area contributed by atoms with Crippen LogP contribution in [0.4, 0.5) is 0 Å². The average molecular weight is 288 g/mol. The van der Waals surface area contributed by atoms with Gasteiger partial charge in [0.2, 0.25) is 0 Å². The molecule has 3 rings (SSSR count). The molecule has 0 aliphatic heterocycles. The van der Waals surface area contributed by atoms with Gasteiger partial charge in [-0.25, -0.2) is 0 Å². The van der Waals surface area contributed by atoms with Crippen molar-refractivity contribution in [2.24, 2.45) is 22.7 Å². The lowest BCUT2D eigenvalue weighted by atomic mass is 9.53. The molecule has 2 fully saturated rings. The smallest absolute Gasteiger partial charge is 0.309 e. The highest BCUT2D eigenvalue weighted by Gasteiger charge is 2.50. The molecule has 21 heavy (non-hydrogen) atoms. The minimum atomic E-state index is -0.590. The molecule has 116 valence electrons. The van der Waals surface area contributed by atoms with Crippen LogP contribution in [0.5, 0.6) is 0 Å². The van der Waals surface area contributed by atoms with Crippen molar-refractivity contribution in [2.45, 2.75) is 52.9 Å². The Morgan fingerprint density at radius 2 is 1.52 bits per heavy atom. The Bertz CT molecular complexity index is 439. The standard InChI is InChI=1S/C13H22O2.C6H6/c1-9-4-10-6-12(2,5-9)8-13(3,7-10)11(14)15;1-2-4-6-5-3-1/h9-10H,4-8H2,1-3H3,(H,14,15);1-6H. The number of carbonyl (C=O) groups is 1. The molecule has 1 aromatic carbocycles. The van der Waals surface area contributed by atoms with E-state index in [2.05, 4.69) is 13.8 Å². The predicted molar refractivity (Wildman–Crippen MR) is 86.0 cm³/mol. The fourth-order valence-corrected chi connectivity index (χ4v) is 4.86. The van der Waals surface area contributed by atoms with Crippen LogP contribution in [0, 0.1) is 22.7 Å². The van der Waals surface area contributed by atoms with E-state index in [1.54, 1.807) is 0 Å². The van der Waals surface area contributed by atoms with E-state index in [-0.39, 0.29) is 5.41 Å². The molecule has 0 radical (unpaired) electrons. The molecule has 0 aromatic heterocycles. The normalized spacial score (nSPS) is 38.0. The second-order valence-electron chi connectivity index (χ2n) is 7.83. The van der Waals surface area contributed by atoms with Crippen molar-refractivity contribution in [1.29, 1.82) is 0 Å². The first-order valence-corrected chi connectivity index (χ1v) is 8.06. The number of carboxylic acid groups (broad SMARTS) is 1. The Morgan fingerprint density at radius 3 is 1.95 bits per heavy atom. The Labute approximate surface area is 128 Å². The summed E-state index contributed by atoms with van der Waals surface area (Å²) in [6.45, 7) is 6.54. The topological polar surface area (TPSA) is 37.3 Å². The highest BCUT2D eigenvalue weighted by atomic mass is 16.4. The highest BCUT2D eigenvalue weighted by molar-refractivity contribution is 5.74. The van der Waals surface area contributed by atoms with Gasteiger partial charge in [-0.2, -0.15) is 0 Å². The second-order valence-corrected chi connectivity index (χ2v) is 7.83. The third kappa shape index (κ3) is 4.09. The molecule has 2 aliphatic rings. The summed E-state index contributed by atoms with van der Waals surface area (Å²) in [6.07, 6.45) is 5.46. The van der Waals surface area contributed by atoms with E-state index in [4.69, 9.17) is 0 Å². The minimum Gasteiger partial charge on any atom is -0.481 e. The van der Waals surface area contributed by atoms with Gasteiger partial charge in [-0.1, -0.05) is 50.2 Å². The zero-order valence-electron chi connectivity index (χ0n) is 13.5. The first-order valence-electron chi connectivity index (χ1n) is 8.06. The van der Waals surface area contributed by atoms with Crippen molar-refractivity contribution in [3.05, 3.63) is 36.4 Å². The average Bonchev–Trinajstić information content (AvgIpc) is 2.38. The Hall–Kier alpha value is -1.31. The van der Waals surface area contributed by atoms with Crippen LogP contribution >= 0.6 is 0 Å². The highest BCUT2D eigenvalue weighted by Crippen LogP contribution is 2.56. The molecule has 1 aromatic rings. The number of hydrogen-bond acceptors (Lipinski definition) is 1. The summed E-state index contributed by atoms with van der Waals surface area (Å²) in [5.74, 6) is 0.841. The first kappa shape index (κ1) is 16.1. The molecule has 0 amide bonds. The van der Waals surface area contributed by atoms with E-state index in [0.29, 0.717) is 5.92 Å². The number of benzene rings is 1. The second kappa shape index (κ2) is 6.21. The van der Waals surface area contributed by atoms with Gasteiger partial charge in [0.15, 0.2) is 0 Å². The van der Waals surface area contributed by atoms with Crippen LogP contribution in [-0.4, -0.2) is 11.1 Å². The summed E-state index contributed by atoms with van der Waals surface area (Å²) in [5, 5.41) is 9.33. The molecule has 2 bridgehead atoms. The van der Waals surface area contributed by atoms with Gasteiger partial charge in [0.05, 0.1) is 5.41 Å². The molecular weight excluding hydrogens is 260 g/mol. The lowest BCUT2D eigenvalue weighted by Crippen LogP contribution is -2.45. The molecule has 2 aliphatic carbocycles. The van der Waals surface area contributed by atoms with Crippen molar-refractivity contribution in [1.82, 2.24) is 0 Å². The summed E-state index contributed by atoms with van der Waals surface area (Å²) in [7, 11) is 0. The fraction of sp³-hybridized carbons (Fsp3) is 0.632. The maximum absolute atomic E-state index is 11.3. The Morgan fingerprint density at radius 1 is 1.00 bits per heavy atom. The van der Waals surface area contributed by atoms with Crippen LogP contribution in [0.15, 0.2) is 36.4 Å². The summed E-state index contributed by atoms with van der Waals surface area (Å²) in [6, 6.07) is 12.0. The molecule has 0 saturated heterocycles. The van der Waals surface area contributed by atoms with Gasteiger partial charge in [-0.05, 0) is 56.3 Å². The molecule has 2 heteroatoms. The molecule has 0 spiro atoms. The van der Waals surface area contributed by atoms with Gasteiger partial charge >= 0.3 is 5.97 Å². The van der Waals surface area contributed by atoms with Gasteiger partial charge in [0, 0.05) is 0 Å². The van der Waals surface area contributed by atoms with Crippen molar-refractivity contribution >= 4 is 5.97 Å². The van der Waals surface area contributed by atoms with Crippen LogP contribution in [0.2, 0.25) is 0 Å². The summed E-state index contributed by atoms with van der Waals surface area (Å²) < 4.78 is 0. The summed E-state index contributed by atoms with van der Waals surface area (Å²) in [4.78, 5) is 11.3. The van der Waals surface area contributed by atoms with Gasteiger partial charge < -0.3 is 5.11 Å². The first-order chi connectivity index (χ1) is 9.83. The van der Waals surface area contributed by atoms with Crippen molar-refractivity contribution < 1.29 is 9.90 Å². The predicted octanol–water partition coefficient (Wildman–Crippen LogP) is 5.00. The van der Waals surface area contributed by atoms with Gasteiger partial charge in [-0.3, -0.25) is 4.79 Å².